The van der Waals surface area contributed by atoms with Crippen LogP contribution in [0.3, 0.4) is 0 Å². The molecule has 0 aromatic heterocycles. The van der Waals surface area contributed by atoms with E-state index in [1.807, 2.05) is 0 Å². The summed E-state index contributed by atoms with van der Waals surface area (Å²) in [4.78, 5) is 146. The van der Waals surface area contributed by atoms with Crippen LogP contribution in [-0.4, -0.2) is 127 Å². The average Bonchev–Trinajstić information content (AvgIpc) is 3.39. The smallest absolute Gasteiger partial charge is 0.303 e. The van der Waals surface area contributed by atoms with E-state index >= 15 is 0 Å². The lowest BCUT2D eigenvalue weighted by Gasteiger charge is -2.21. The van der Waals surface area contributed by atoms with Crippen LogP contribution in [0.25, 0.3) is 0 Å². The highest BCUT2D eigenvalue weighted by atomic mass is 32.0. The standard InChI is InChI=1S/C25H33N5O6P2.C25H32N4O7.H3NP2/c1-4-14-27-21(32)12-10-18(25(36)29-16-6-3)17-20(31)19(11-13-22(33)28-15-5-2)30-23(34)8-7-9-24(35)37-38-26;1-4-14-26-21(31)12-10-18(25(36)28-16-6-3)17-20(30)19(11-13-22(32)27-15-5-2)29-23(33)8-7-9-24(34)35;1-3-2/h1-3,18-19,26,37H,7-17H2,(H,27,32)(H,28,33)(H,29,36)(H,30,34);1-3,18-19H,7-17H2,(H,26,31)(H,27,32)(H,28,36)(H,29,33)(H,34,35);1H,2H2/t2*18-,19-;/m00./s1. The molecule has 0 aliphatic rings. The van der Waals surface area contributed by atoms with Crippen molar-refractivity contribution in [2.45, 2.75) is 115 Å². The minimum atomic E-state index is -1.11. The van der Waals surface area contributed by atoms with Crippen molar-refractivity contribution in [2.24, 2.45) is 11.8 Å². The molecule has 8 amide bonds. The van der Waals surface area contributed by atoms with Gasteiger partial charge in [0.25, 0.3) is 0 Å². The first-order valence-corrected chi connectivity index (χ1v) is 28.8. The zero-order valence-electron chi connectivity index (χ0n) is 42.6. The molecule has 0 saturated carbocycles. The highest BCUT2D eigenvalue weighted by Gasteiger charge is 2.30. The van der Waals surface area contributed by atoms with Crippen LogP contribution >= 0.6 is 33.3 Å². The number of nitrogens with one attached hydrogen (secondary N) is 10. The minimum Gasteiger partial charge on any atom is -0.481 e. The number of hydrogen-bond donors (Lipinski definition) is 11. The van der Waals surface area contributed by atoms with Gasteiger partial charge in [-0.05, 0) is 38.5 Å². The Morgan fingerprint density at radius 2 is 0.753 bits per heavy atom. The zero-order chi connectivity index (χ0) is 58.8. The summed E-state index contributed by atoms with van der Waals surface area (Å²) in [5, 5.41) is 41.9. The molecule has 0 aromatic rings. The fourth-order valence-electron chi connectivity index (χ4n) is 6.19. The molecule has 0 spiro atoms. The number of aliphatic carboxylic acids is 1. The number of Topliss-reactive ketones (excluding diaryl/α,β-unsaturated/α-hetero) is 2. The van der Waals surface area contributed by atoms with Crippen LogP contribution in [-0.2, 0) is 57.5 Å². The van der Waals surface area contributed by atoms with Gasteiger partial charge in [0.15, 0.2) is 17.1 Å². The Hall–Kier alpha value is -7.34. The van der Waals surface area contributed by atoms with Crippen molar-refractivity contribution >= 4 is 104 Å². The summed E-state index contributed by atoms with van der Waals surface area (Å²) in [5.74, 6) is 5.86. The molecule has 2 unspecified atom stereocenters. The van der Waals surface area contributed by atoms with Crippen LogP contribution in [0.4, 0.5) is 0 Å². The topological polar surface area (TPSA) is 369 Å². The van der Waals surface area contributed by atoms with Crippen molar-refractivity contribution in [2.75, 3.05) is 39.3 Å². The van der Waals surface area contributed by atoms with Gasteiger partial charge in [0.1, 0.15) is 0 Å². The summed E-state index contributed by atoms with van der Waals surface area (Å²) in [6.07, 6.45) is 29.8. The second-order valence-electron chi connectivity index (χ2n) is 15.8. The Labute approximate surface area is 457 Å². The molecule has 0 radical (unpaired) electrons. The summed E-state index contributed by atoms with van der Waals surface area (Å²) in [5.41, 5.74) is -0.112. The highest BCUT2D eigenvalue weighted by molar-refractivity contribution is 8.14. The van der Waals surface area contributed by atoms with Gasteiger partial charge >= 0.3 is 5.97 Å². The van der Waals surface area contributed by atoms with E-state index in [9.17, 15) is 57.5 Å². The van der Waals surface area contributed by atoms with E-state index in [-0.39, 0.29) is 170 Å². The first-order chi connectivity index (χ1) is 36.7. The molecule has 416 valence electrons. The van der Waals surface area contributed by atoms with Crippen LogP contribution < -0.4 is 42.5 Å². The third-order valence-electron chi connectivity index (χ3n) is 9.91. The lowest BCUT2D eigenvalue weighted by Crippen LogP contribution is -2.43. The van der Waals surface area contributed by atoms with Gasteiger partial charge in [-0.3, -0.25) is 67.9 Å². The summed E-state index contributed by atoms with van der Waals surface area (Å²) >= 11 is 0. The summed E-state index contributed by atoms with van der Waals surface area (Å²) in [7, 11) is 2.87. The Morgan fingerprint density at radius 3 is 1.05 bits per heavy atom. The van der Waals surface area contributed by atoms with E-state index in [1.165, 1.54) is 0 Å². The number of carbonyl (C=O) groups is 12. The van der Waals surface area contributed by atoms with Gasteiger partial charge in [-0.1, -0.05) is 44.5 Å². The van der Waals surface area contributed by atoms with E-state index in [0.717, 1.165) is 0 Å². The number of rotatable bonds is 38. The second-order valence-corrected chi connectivity index (χ2v) is 19.2. The first kappa shape index (κ1) is 73.9. The maximum Gasteiger partial charge on any atom is 0.303 e. The third kappa shape index (κ3) is 43.6. The average molecular weight is 1140 g/mol. The number of ketones is 2. The molecule has 0 aliphatic heterocycles. The molecule has 0 aromatic carbocycles. The molecule has 6 atom stereocenters. The molecule has 0 heterocycles. The van der Waals surface area contributed by atoms with Crippen molar-refractivity contribution in [1.29, 1.82) is 10.3 Å². The number of carboxylic acid groups (broad SMARTS) is 1. The van der Waals surface area contributed by atoms with Crippen molar-refractivity contribution in [3.63, 3.8) is 0 Å². The van der Waals surface area contributed by atoms with E-state index < -0.39 is 82.8 Å². The van der Waals surface area contributed by atoms with Crippen LogP contribution in [0.2, 0.25) is 0 Å². The minimum absolute atomic E-state index is 0.00183. The van der Waals surface area contributed by atoms with E-state index in [4.69, 9.17) is 54.0 Å². The van der Waals surface area contributed by atoms with Crippen molar-refractivity contribution in [3.05, 3.63) is 0 Å². The summed E-state index contributed by atoms with van der Waals surface area (Å²) < 4.78 is 0. The molecule has 23 nitrogen and oxygen atoms in total. The second kappa shape index (κ2) is 49.5. The van der Waals surface area contributed by atoms with Gasteiger partial charge in [0, 0.05) is 100 Å². The Balaban J connectivity index is -0.00000135. The Kier molecular flexibility index (Phi) is 47.5. The van der Waals surface area contributed by atoms with E-state index in [1.54, 1.807) is 0 Å². The monoisotopic (exact) mass is 1140 g/mol. The molecule has 0 saturated heterocycles. The number of hydrogen-bond acceptors (Lipinski definition) is 14. The number of terminal acetylenes is 6. The van der Waals surface area contributed by atoms with Crippen LogP contribution in [0.1, 0.15) is 103 Å². The number of carboxylic acids is 1. The summed E-state index contributed by atoms with van der Waals surface area (Å²) in [6.45, 7) is -0.0966. The molecule has 11 N–H and O–H groups in total. The maximum absolute atomic E-state index is 13.2. The van der Waals surface area contributed by atoms with Crippen molar-refractivity contribution in [3.8, 4) is 74.1 Å². The fourth-order valence-corrected chi connectivity index (χ4v) is 7.31. The van der Waals surface area contributed by atoms with E-state index in [0.29, 0.717) is 8.06 Å². The van der Waals surface area contributed by atoms with Crippen LogP contribution in [0, 0.1) is 96.2 Å². The Morgan fingerprint density at radius 1 is 0.455 bits per heavy atom. The number of amides is 8. The molecule has 0 aliphatic carbocycles. The molecular formula is C50H68N10O13P4. The van der Waals surface area contributed by atoms with Gasteiger partial charge in [0.2, 0.25) is 47.3 Å². The maximum atomic E-state index is 13.2. The first-order valence-electron chi connectivity index (χ1n) is 23.5. The number of carbonyl (C=O) groups excluding carboxylic acids is 11. The molecule has 77 heavy (non-hydrogen) atoms. The van der Waals surface area contributed by atoms with Gasteiger partial charge < -0.3 is 47.6 Å². The molecule has 0 fully saturated rings. The normalized spacial score (nSPS) is 11.4. The van der Waals surface area contributed by atoms with Gasteiger partial charge in [-0.25, -0.2) is 0 Å². The van der Waals surface area contributed by atoms with Crippen molar-refractivity contribution < 1.29 is 62.6 Å². The lowest BCUT2D eigenvalue weighted by molar-refractivity contribution is -0.137. The largest absolute Gasteiger partial charge is 0.481 e. The molecule has 27 heteroatoms. The SMILES string of the molecule is C#CCNC(=O)CC[C@@H](CC(=O)[C@H](CCC(=O)NCC#C)NC(=O)CCCC(=O)O)C(=O)NCC#C.C#CCNC(=O)CC[C@@H](CC(=O)[C@H](CCC(=O)NCC#C)NC(=O)CCCC(=O)PP=N)C(=O)NCC#C.N=PP. The molecular weight excluding hydrogens is 1070 g/mol. The fraction of sp³-hybridized carbons (Fsp3) is 0.520. The van der Waals surface area contributed by atoms with Crippen LogP contribution in [0.15, 0.2) is 0 Å². The predicted octanol–water partition coefficient (Wildman–Crippen LogP) is 1.45. The third-order valence-corrected chi connectivity index (χ3v) is 11.6. The Bertz CT molecular complexity index is 2290. The van der Waals surface area contributed by atoms with Gasteiger partial charge in [-0.15, -0.1) is 38.5 Å². The summed E-state index contributed by atoms with van der Waals surface area (Å²) in [6, 6.07) is -2.20. The zero-order valence-corrected chi connectivity index (χ0v) is 46.6. The quantitative estimate of drug-likeness (QED) is 0.0309. The molecule has 0 rings (SSSR count). The highest BCUT2D eigenvalue weighted by Crippen LogP contribution is 2.29. The van der Waals surface area contributed by atoms with Gasteiger partial charge in [-0.2, -0.15) is 0 Å². The lowest BCUT2D eigenvalue weighted by atomic mass is 9.91. The van der Waals surface area contributed by atoms with Crippen LogP contribution in [0.5, 0.6) is 0 Å². The van der Waals surface area contributed by atoms with E-state index in [2.05, 4.69) is 87.0 Å². The van der Waals surface area contributed by atoms with Gasteiger partial charge in [0.05, 0.1) is 51.4 Å². The predicted molar refractivity (Wildman–Crippen MR) is 296 cm³/mol. The van der Waals surface area contributed by atoms with Crippen molar-refractivity contribution in [1.82, 2.24) is 42.5 Å². The molecule has 0 bridgehead atoms.